The summed E-state index contributed by atoms with van der Waals surface area (Å²) in [5.41, 5.74) is 6.13. The van der Waals surface area contributed by atoms with Crippen molar-refractivity contribution in [2.24, 2.45) is 5.92 Å². The Morgan fingerprint density at radius 3 is 2.56 bits per heavy atom. The second-order valence-corrected chi connectivity index (χ2v) is 7.91. The molecule has 0 saturated carbocycles. The van der Waals surface area contributed by atoms with E-state index < -0.39 is 0 Å². The van der Waals surface area contributed by atoms with E-state index in [0.717, 1.165) is 31.6 Å². The zero-order valence-electron chi connectivity index (χ0n) is 17.0. The lowest BCUT2D eigenvalue weighted by Gasteiger charge is -2.27. The summed E-state index contributed by atoms with van der Waals surface area (Å²) in [5, 5.41) is 4.67. The molecule has 1 aliphatic rings. The van der Waals surface area contributed by atoms with Gasteiger partial charge >= 0.3 is 0 Å². The maximum Gasteiger partial charge on any atom is 0.223 e. The Hall–Kier alpha value is -2.36. The molecule has 2 aromatic rings. The van der Waals surface area contributed by atoms with Gasteiger partial charge in [-0.2, -0.15) is 5.10 Å². The summed E-state index contributed by atoms with van der Waals surface area (Å²) in [6.07, 6.45) is 4.47. The fourth-order valence-electron chi connectivity index (χ4n) is 3.82. The second-order valence-electron chi connectivity index (χ2n) is 7.91. The van der Waals surface area contributed by atoms with E-state index in [9.17, 15) is 4.79 Å². The molecule has 3 rings (SSSR count). The molecule has 2 heterocycles. The average molecular weight is 366 g/mol. The molecule has 0 N–H and O–H groups in total. The number of carbonyl (C=O) groups is 1. The zero-order valence-corrected chi connectivity index (χ0v) is 17.0. The first-order valence-corrected chi connectivity index (χ1v) is 10.0. The minimum absolute atomic E-state index is 0.244. The van der Waals surface area contributed by atoms with Gasteiger partial charge in [0.15, 0.2) is 0 Å². The van der Waals surface area contributed by atoms with Crippen molar-refractivity contribution < 1.29 is 4.79 Å². The lowest BCUT2D eigenvalue weighted by atomic mass is 9.99. The first-order valence-electron chi connectivity index (χ1n) is 10.0. The molecular formula is C23H31N3O. The number of amides is 1. The Morgan fingerprint density at radius 2 is 1.93 bits per heavy atom. The first kappa shape index (κ1) is 19.4. The summed E-state index contributed by atoms with van der Waals surface area (Å²) < 4.78 is 2.09. The molecule has 0 saturated heterocycles. The highest BCUT2D eigenvalue weighted by Gasteiger charge is 2.19. The Labute approximate surface area is 162 Å². The van der Waals surface area contributed by atoms with Crippen molar-refractivity contribution in [1.29, 1.82) is 0 Å². The third-order valence-electron chi connectivity index (χ3n) is 5.36. The molecule has 144 valence electrons. The van der Waals surface area contributed by atoms with E-state index in [2.05, 4.69) is 67.8 Å². The predicted octanol–water partition coefficient (Wildman–Crippen LogP) is 4.40. The molecule has 1 aromatic heterocycles. The summed E-state index contributed by atoms with van der Waals surface area (Å²) >= 11 is 0. The van der Waals surface area contributed by atoms with Crippen molar-refractivity contribution in [2.45, 2.75) is 53.5 Å². The van der Waals surface area contributed by atoms with Crippen LogP contribution in [0.5, 0.6) is 0 Å². The number of carbonyl (C=O) groups excluding carboxylic acids is 1. The number of aryl methyl sites for hydroxylation is 1. The lowest BCUT2D eigenvalue weighted by Crippen LogP contribution is -2.34. The Morgan fingerprint density at radius 1 is 1.19 bits per heavy atom. The number of rotatable bonds is 6. The van der Waals surface area contributed by atoms with Gasteiger partial charge in [-0.15, -0.1) is 0 Å². The van der Waals surface area contributed by atoms with Crippen LogP contribution in [0.25, 0.3) is 5.57 Å². The van der Waals surface area contributed by atoms with E-state index in [0.29, 0.717) is 18.9 Å². The molecule has 0 fully saturated rings. The van der Waals surface area contributed by atoms with E-state index in [1.54, 1.807) is 0 Å². The molecule has 1 aliphatic heterocycles. The Balaban J connectivity index is 1.58. The monoisotopic (exact) mass is 365 g/mol. The number of hydrogen-bond acceptors (Lipinski definition) is 2. The minimum atomic E-state index is 0.244. The summed E-state index contributed by atoms with van der Waals surface area (Å²) in [6, 6.07) is 10.5. The van der Waals surface area contributed by atoms with Crippen LogP contribution in [0.1, 0.15) is 49.2 Å². The van der Waals surface area contributed by atoms with Crippen LogP contribution in [0, 0.1) is 19.8 Å². The van der Waals surface area contributed by atoms with Crippen molar-refractivity contribution >= 4 is 11.5 Å². The van der Waals surface area contributed by atoms with Gasteiger partial charge in [0.1, 0.15) is 0 Å². The molecule has 4 nitrogen and oxygen atoms in total. The van der Waals surface area contributed by atoms with Crippen molar-refractivity contribution in [3.05, 3.63) is 58.9 Å². The van der Waals surface area contributed by atoms with Gasteiger partial charge in [0.05, 0.1) is 5.69 Å². The highest BCUT2D eigenvalue weighted by atomic mass is 16.2. The molecule has 0 radical (unpaired) electrons. The van der Waals surface area contributed by atoms with Crippen LogP contribution in [0.15, 0.2) is 36.4 Å². The zero-order chi connectivity index (χ0) is 19.4. The van der Waals surface area contributed by atoms with Gasteiger partial charge in [-0.25, -0.2) is 0 Å². The first-order chi connectivity index (χ1) is 13.0. The molecule has 0 spiro atoms. The molecule has 4 heteroatoms. The fourth-order valence-corrected chi connectivity index (χ4v) is 3.82. The summed E-state index contributed by atoms with van der Waals surface area (Å²) in [6.45, 7) is 11.0. The van der Waals surface area contributed by atoms with Gasteiger partial charge in [-0.1, -0.05) is 50.3 Å². The molecule has 27 heavy (non-hydrogen) atoms. The fraction of sp³-hybridized carbons (Fsp3) is 0.478. The highest BCUT2D eigenvalue weighted by molar-refractivity contribution is 5.78. The van der Waals surface area contributed by atoms with E-state index in [-0.39, 0.29) is 5.91 Å². The number of nitrogens with zero attached hydrogens (tertiary/aromatic N) is 3. The molecule has 0 unspecified atom stereocenters. The molecule has 0 aliphatic carbocycles. The van der Waals surface area contributed by atoms with E-state index >= 15 is 0 Å². The van der Waals surface area contributed by atoms with Crippen LogP contribution >= 0.6 is 0 Å². The Bertz CT molecular complexity index is 818. The average Bonchev–Trinajstić information content (AvgIpc) is 2.93. The van der Waals surface area contributed by atoms with Gasteiger partial charge in [0, 0.05) is 31.7 Å². The van der Waals surface area contributed by atoms with Crippen LogP contribution in [0.4, 0.5) is 0 Å². The maximum absolute atomic E-state index is 12.7. The quantitative estimate of drug-likeness (QED) is 0.761. The van der Waals surface area contributed by atoms with Crippen LogP contribution in [-0.4, -0.2) is 33.7 Å². The Kier molecular flexibility index (Phi) is 6.15. The van der Waals surface area contributed by atoms with Crippen molar-refractivity contribution in [3.63, 3.8) is 0 Å². The summed E-state index contributed by atoms with van der Waals surface area (Å²) in [7, 11) is 0. The van der Waals surface area contributed by atoms with Gasteiger partial charge in [0.25, 0.3) is 0 Å². The van der Waals surface area contributed by atoms with E-state index in [4.69, 9.17) is 0 Å². The maximum atomic E-state index is 12.7. The molecule has 0 bridgehead atoms. The number of aromatic nitrogens is 2. The van der Waals surface area contributed by atoms with Crippen LogP contribution in [-0.2, 0) is 17.8 Å². The largest absolute Gasteiger partial charge is 0.339 e. The smallest absolute Gasteiger partial charge is 0.223 e. The third-order valence-corrected chi connectivity index (χ3v) is 5.36. The highest BCUT2D eigenvalue weighted by Crippen LogP contribution is 2.23. The standard InChI is InChI=1S/C23H31N3O/c1-17(2)16-26-19(4)22(18(3)24-26)10-11-23(27)25-14-12-21(13-15-25)20-8-6-5-7-9-20/h5-9,12,17H,10-11,13-16H2,1-4H3. The molecular weight excluding hydrogens is 334 g/mol. The van der Waals surface area contributed by atoms with E-state index in [1.807, 2.05) is 11.0 Å². The predicted molar refractivity (Wildman–Crippen MR) is 110 cm³/mol. The van der Waals surface area contributed by atoms with E-state index in [1.165, 1.54) is 22.4 Å². The van der Waals surface area contributed by atoms with Crippen molar-refractivity contribution in [2.75, 3.05) is 13.1 Å². The number of benzene rings is 1. The SMILES string of the molecule is Cc1nn(CC(C)C)c(C)c1CCC(=O)N1CC=C(c2ccccc2)CC1. The third kappa shape index (κ3) is 4.68. The summed E-state index contributed by atoms with van der Waals surface area (Å²) in [5.74, 6) is 0.810. The van der Waals surface area contributed by atoms with Crippen molar-refractivity contribution in [3.8, 4) is 0 Å². The van der Waals surface area contributed by atoms with Gasteiger partial charge < -0.3 is 4.90 Å². The van der Waals surface area contributed by atoms with Gasteiger partial charge in [-0.3, -0.25) is 9.48 Å². The van der Waals surface area contributed by atoms with Crippen LogP contribution in [0.2, 0.25) is 0 Å². The molecule has 1 amide bonds. The lowest BCUT2D eigenvalue weighted by molar-refractivity contribution is -0.130. The minimum Gasteiger partial charge on any atom is -0.339 e. The number of hydrogen-bond donors (Lipinski definition) is 0. The summed E-state index contributed by atoms with van der Waals surface area (Å²) in [4.78, 5) is 14.7. The van der Waals surface area contributed by atoms with Crippen molar-refractivity contribution in [1.82, 2.24) is 14.7 Å². The van der Waals surface area contributed by atoms with Gasteiger partial charge in [-0.05, 0) is 49.3 Å². The van der Waals surface area contributed by atoms with Crippen LogP contribution < -0.4 is 0 Å². The van der Waals surface area contributed by atoms with Gasteiger partial charge in [0.2, 0.25) is 5.91 Å². The second kappa shape index (κ2) is 8.55. The normalized spacial score (nSPS) is 14.6. The molecule has 0 atom stereocenters. The molecule has 1 aromatic carbocycles. The topological polar surface area (TPSA) is 38.1 Å². The van der Waals surface area contributed by atoms with Crippen LogP contribution in [0.3, 0.4) is 0 Å².